The SMILES string of the molecule is CCOc1ccc(/C=C2\NC(=O)N(c3ccc(F)cc3)C2=O)cc1O. The maximum absolute atomic E-state index is 13.0. The van der Waals surface area contributed by atoms with Gasteiger partial charge in [-0.2, -0.15) is 0 Å². The van der Waals surface area contributed by atoms with Crippen molar-refractivity contribution in [3.8, 4) is 11.5 Å². The van der Waals surface area contributed by atoms with E-state index in [1.807, 2.05) is 0 Å². The smallest absolute Gasteiger partial charge is 0.333 e. The van der Waals surface area contributed by atoms with Crippen LogP contribution >= 0.6 is 0 Å². The average Bonchev–Trinajstić information content (AvgIpc) is 2.85. The third-order valence-electron chi connectivity index (χ3n) is 3.56. The van der Waals surface area contributed by atoms with Crippen LogP contribution < -0.4 is 15.0 Å². The Hall–Kier alpha value is -3.35. The molecule has 25 heavy (non-hydrogen) atoms. The summed E-state index contributed by atoms with van der Waals surface area (Å²) in [5.41, 5.74) is 0.838. The number of hydrogen-bond donors (Lipinski definition) is 2. The van der Waals surface area contributed by atoms with E-state index in [2.05, 4.69) is 5.32 Å². The predicted octanol–water partition coefficient (Wildman–Crippen LogP) is 3.03. The lowest BCUT2D eigenvalue weighted by atomic mass is 10.1. The van der Waals surface area contributed by atoms with Gasteiger partial charge < -0.3 is 15.2 Å². The summed E-state index contributed by atoms with van der Waals surface area (Å²) >= 11 is 0. The van der Waals surface area contributed by atoms with E-state index in [-0.39, 0.29) is 17.1 Å². The Morgan fingerprint density at radius 2 is 1.92 bits per heavy atom. The molecule has 0 unspecified atom stereocenters. The van der Waals surface area contributed by atoms with Crippen LogP contribution in [0.1, 0.15) is 12.5 Å². The van der Waals surface area contributed by atoms with Crippen molar-refractivity contribution in [1.82, 2.24) is 5.32 Å². The van der Waals surface area contributed by atoms with Crippen molar-refractivity contribution >= 4 is 23.7 Å². The van der Waals surface area contributed by atoms with Gasteiger partial charge in [-0.15, -0.1) is 0 Å². The number of ether oxygens (including phenoxy) is 1. The molecule has 1 aliphatic rings. The van der Waals surface area contributed by atoms with E-state index in [4.69, 9.17) is 4.74 Å². The van der Waals surface area contributed by atoms with Crippen molar-refractivity contribution in [1.29, 1.82) is 0 Å². The van der Waals surface area contributed by atoms with Gasteiger partial charge in [-0.1, -0.05) is 6.07 Å². The number of halogens is 1. The zero-order valence-electron chi connectivity index (χ0n) is 13.3. The molecule has 6 nitrogen and oxygen atoms in total. The second-order valence-corrected chi connectivity index (χ2v) is 5.27. The number of phenolic OH excluding ortho intramolecular Hbond substituents is 1. The van der Waals surface area contributed by atoms with E-state index in [9.17, 15) is 19.1 Å². The molecule has 128 valence electrons. The summed E-state index contributed by atoms with van der Waals surface area (Å²) in [5.74, 6) is -0.760. The van der Waals surface area contributed by atoms with Crippen molar-refractivity contribution < 1.29 is 23.8 Å². The molecule has 2 N–H and O–H groups in total. The number of urea groups is 1. The van der Waals surface area contributed by atoms with Crippen LogP contribution in [0.4, 0.5) is 14.9 Å². The third-order valence-corrected chi connectivity index (χ3v) is 3.56. The first-order valence-electron chi connectivity index (χ1n) is 7.58. The first-order valence-corrected chi connectivity index (χ1v) is 7.58. The summed E-state index contributed by atoms with van der Waals surface area (Å²) in [6.45, 7) is 2.21. The average molecular weight is 342 g/mol. The van der Waals surface area contributed by atoms with Gasteiger partial charge in [0.05, 0.1) is 12.3 Å². The number of amides is 3. The molecule has 1 heterocycles. The number of phenols is 1. The van der Waals surface area contributed by atoms with Crippen molar-refractivity contribution in [2.24, 2.45) is 0 Å². The fraction of sp³-hybridized carbons (Fsp3) is 0.111. The quantitative estimate of drug-likeness (QED) is 0.661. The fourth-order valence-corrected chi connectivity index (χ4v) is 2.43. The Labute approximate surface area is 143 Å². The van der Waals surface area contributed by atoms with Crippen molar-refractivity contribution in [2.75, 3.05) is 11.5 Å². The lowest BCUT2D eigenvalue weighted by Gasteiger charge is -2.11. The highest BCUT2D eigenvalue weighted by molar-refractivity contribution is 6.28. The van der Waals surface area contributed by atoms with Crippen LogP contribution in [0, 0.1) is 5.82 Å². The molecule has 0 aromatic heterocycles. The molecule has 0 bridgehead atoms. The summed E-state index contributed by atoms with van der Waals surface area (Å²) in [4.78, 5) is 25.4. The zero-order chi connectivity index (χ0) is 18.0. The predicted molar refractivity (Wildman–Crippen MR) is 89.7 cm³/mol. The molecule has 3 rings (SSSR count). The Balaban J connectivity index is 1.87. The highest BCUT2D eigenvalue weighted by atomic mass is 19.1. The molecule has 0 spiro atoms. The van der Waals surface area contributed by atoms with Gasteiger partial charge in [-0.05, 0) is 55.0 Å². The largest absolute Gasteiger partial charge is 0.504 e. The van der Waals surface area contributed by atoms with Crippen molar-refractivity contribution in [3.05, 3.63) is 59.5 Å². The first kappa shape index (κ1) is 16.5. The Morgan fingerprint density at radius 3 is 2.56 bits per heavy atom. The molecule has 0 aliphatic carbocycles. The van der Waals surface area contributed by atoms with Gasteiger partial charge in [0, 0.05) is 0 Å². The summed E-state index contributed by atoms with van der Waals surface area (Å²) in [5, 5.41) is 12.4. The van der Waals surface area contributed by atoms with E-state index in [1.165, 1.54) is 36.4 Å². The second-order valence-electron chi connectivity index (χ2n) is 5.27. The fourth-order valence-electron chi connectivity index (χ4n) is 2.43. The molecule has 0 saturated carbocycles. The Bertz CT molecular complexity index is 862. The number of imide groups is 1. The normalized spacial score (nSPS) is 15.6. The monoisotopic (exact) mass is 342 g/mol. The summed E-state index contributed by atoms with van der Waals surface area (Å²) in [7, 11) is 0. The molecular formula is C18H15FN2O4. The minimum Gasteiger partial charge on any atom is -0.504 e. The van der Waals surface area contributed by atoms with E-state index >= 15 is 0 Å². The standard InChI is InChI=1S/C18H15FN2O4/c1-2-25-16-8-3-11(10-15(16)22)9-14-17(23)21(18(24)20-14)13-6-4-12(19)5-7-13/h3-10,22H,2H2,1H3,(H,20,24)/b14-9-. The van der Waals surface area contributed by atoms with Gasteiger partial charge in [0.2, 0.25) is 0 Å². The Morgan fingerprint density at radius 1 is 1.20 bits per heavy atom. The van der Waals surface area contributed by atoms with Gasteiger partial charge >= 0.3 is 6.03 Å². The summed E-state index contributed by atoms with van der Waals surface area (Å²) in [6, 6.07) is 9.05. The van der Waals surface area contributed by atoms with E-state index in [0.29, 0.717) is 17.9 Å². The van der Waals surface area contributed by atoms with Gasteiger partial charge in [0.15, 0.2) is 11.5 Å². The summed E-state index contributed by atoms with van der Waals surface area (Å²) < 4.78 is 18.2. The van der Waals surface area contributed by atoms with Crippen molar-refractivity contribution in [2.45, 2.75) is 6.92 Å². The lowest BCUT2D eigenvalue weighted by Crippen LogP contribution is -2.30. The van der Waals surface area contributed by atoms with Crippen LogP contribution in [-0.2, 0) is 4.79 Å². The van der Waals surface area contributed by atoms with Crippen LogP contribution in [0.2, 0.25) is 0 Å². The Kier molecular flexibility index (Phi) is 4.38. The first-order chi connectivity index (χ1) is 12.0. The third kappa shape index (κ3) is 3.30. The maximum atomic E-state index is 13.0. The number of rotatable bonds is 4. The van der Waals surface area contributed by atoms with Crippen LogP contribution in [0.5, 0.6) is 11.5 Å². The van der Waals surface area contributed by atoms with Crippen molar-refractivity contribution in [3.63, 3.8) is 0 Å². The van der Waals surface area contributed by atoms with Crippen LogP contribution in [0.15, 0.2) is 48.2 Å². The molecule has 1 saturated heterocycles. The maximum Gasteiger partial charge on any atom is 0.333 e. The zero-order valence-corrected chi connectivity index (χ0v) is 13.3. The summed E-state index contributed by atoms with van der Waals surface area (Å²) in [6.07, 6.45) is 1.44. The minimum absolute atomic E-state index is 0.0536. The minimum atomic E-state index is -0.627. The number of nitrogens with zero attached hydrogens (tertiary/aromatic N) is 1. The molecule has 2 aromatic carbocycles. The molecule has 1 fully saturated rings. The molecule has 0 atom stereocenters. The van der Waals surface area contributed by atoms with Gasteiger partial charge in [0.1, 0.15) is 11.5 Å². The molecule has 3 amide bonds. The van der Waals surface area contributed by atoms with Crippen LogP contribution in [-0.4, -0.2) is 23.7 Å². The molecule has 2 aromatic rings. The number of aromatic hydroxyl groups is 1. The van der Waals surface area contributed by atoms with Gasteiger partial charge in [-0.3, -0.25) is 4.79 Å². The van der Waals surface area contributed by atoms with E-state index in [1.54, 1.807) is 19.1 Å². The highest BCUT2D eigenvalue weighted by Gasteiger charge is 2.34. The number of hydrogen-bond acceptors (Lipinski definition) is 4. The molecule has 0 radical (unpaired) electrons. The molecule has 1 aliphatic heterocycles. The number of carbonyl (C=O) groups excluding carboxylic acids is 2. The molecule has 7 heteroatoms. The lowest BCUT2D eigenvalue weighted by molar-refractivity contribution is -0.113. The topological polar surface area (TPSA) is 78.9 Å². The number of anilines is 1. The van der Waals surface area contributed by atoms with E-state index in [0.717, 1.165) is 4.90 Å². The highest BCUT2D eigenvalue weighted by Crippen LogP contribution is 2.28. The number of carbonyl (C=O) groups is 2. The van der Waals surface area contributed by atoms with Gasteiger partial charge in [-0.25, -0.2) is 14.1 Å². The van der Waals surface area contributed by atoms with Crippen LogP contribution in [0.25, 0.3) is 6.08 Å². The van der Waals surface area contributed by atoms with Crippen LogP contribution in [0.3, 0.4) is 0 Å². The number of nitrogens with one attached hydrogen (secondary N) is 1. The molecular weight excluding hydrogens is 327 g/mol. The van der Waals surface area contributed by atoms with Gasteiger partial charge in [0.25, 0.3) is 5.91 Å². The number of benzene rings is 2. The second kappa shape index (κ2) is 6.64. The van der Waals surface area contributed by atoms with E-state index < -0.39 is 17.8 Å².